The van der Waals surface area contributed by atoms with Gasteiger partial charge in [-0.3, -0.25) is 0 Å². The van der Waals surface area contributed by atoms with Crippen LogP contribution in [-0.4, -0.2) is 18.4 Å². The molecule has 5 nitrogen and oxygen atoms in total. The number of pyridine rings is 1. The molecular formula is C10H9BrClN3O2S2. The molecule has 1 atom stereocenters. The highest BCUT2D eigenvalue weighted by Crippen LogP contribution is 2.25. The predicted molar refractivity (Wildman–Crippen MR) is 77.8 cm³/mol. The average Bonchev–Trinajstić information content (AvgIpc) is 2.85. The van der Waals surface area contributed by atoms with Crippen molar-refractivity contribution in [3.8, 4) is 0 Å². The van der Waals surface area contributed by atoms with Gasteiger partial charge in [-0.1, -0.05) is 11.6 Å². The molecule has 0 fully saturated rings. The van der Waals surface area contributed by atoms with Crippen LogP contribution in [0.3, 0.4) is 0 Å². The summed E-state index contributed by atoms with van der Waals surface area (Å²) in [5.41, 5.74) is 0. The van der Waals surface area contributed by atoms with Crippen LogP contribution in [-0.2, 0) is 10.0 Å². The second-order valence-electron chi connectivity index (χ2n) is 3.66. The number of halogens is 2. The van der Waals surface area contributed by atoms with Gasteiger partial charge in [0.1, 0.15) is 15.1 Å². The normalized spacial score (nSPS) is 13.4. The van der Waals surface area contributed by atoms with Crippen LogP contribution in [0.15, 0.2) is 33.2 Å². The van der Waals surface area contributed by atoms with Crippen molar-refractivity contribution in [1.82, 2.24) is 14.7 Å². The molecular weight excluding hydrogens is 374 g/mol. The smallest absolute Gasteiger partial charge is 0.244 e. The minimum Gasteiger partial charge on any atom is -0.248 e. The highest BCUT2D eigenvalue weighted by molar-refractivity contribution is 9.10. The van der Waals surface area contributed by atoms with Crippen LogP contribution in [0.2, 0.25) is 5.15 Å². The van der Waals surface area contributed by atoms with Gasteiger partial charge in [0, 0.05) is 22.2 Å². The van der Waals surface area contributed by atoms with Crippen LogP contribution in [0, 0.1) is 0 Å². The maximum Gasteiger partial charge on any atom is 0.244 e. The number of aromatic nitrogens is 2. The van der Waals surface area contributed by atoms with Gasteiger partial charge < -0.3 is 0 Å². The summed E-state index contributed by atoms with van der Waals surface area (Å²) in [5.74, 6) is 0. The van der Waals surface area contributed by atoms with Crippen LogP contribution < -0.4 is 4.72 Å². The molecule has 9 heteroatoms. The van der Waals surface area contributed by atoms with E-state index in [9.17, 15) is 8.42 Å². The molecule has 0 amide bonds. The topological polar surface area (TPSA) is 72.0 Å². The van der Waals surface area contributed by atoms with E-state index in [0.717, 1.165) is 0 Å². The summed E-state index contributed by atoms with van der Waals surface area (Å²) in [6, 6.07) is 0.978. The van der Waals surface area contributed by atoms with Gasteiger partial charge in [-0.05, 0) is 28.9 Å². The minimum absolute atomic E-state index is 0.0630. The van der Waals surface area contributed by atoms with Crippen LogP contribution in [0.5, 0.6) is 0 Å². The Morgan fingerprint density at radius 1 is 1.47 bits per heavy atom. The number of sulfonamides is 1. The molecule has 0 saturated carbocycles. The van der Waals surface area contributed by atoms with E-state index in [4.69, 9.17) is 11.6 Å². The van der Waals surface area contributed by atoms with Crippen molar-refractivity contribution in [1.29, 1.82) is 0 Å². The third-order valence-electron chi connectivity index (χ3n) is 2.22. The van der Waals surface area contributed by atoms with Gasteiger partial charge in [-0.2, -0.15) is 0 Å². The molecule has 2 aromatic heterocycles. The highest BCUT2D eigenvalue weighted by atomic mass is 79.9. The van der Waals surface area contributed by atoms with Crippen molar-refractivity contribution in [2.45, 2.75) is 17.9 Å². The molecule has 2 heterocycles. The summed E-state index contributed by atoms with van der Waals surface area (Å²) >= 11 is 10.4. The number of nitrogens with one attached hydrogen (secondary N) is 1. The first kappa shape index (κ1) is 14.9. The molecule has 0 radical (unpaired) electrons. The first-order valence-electron chi connectivity index (χ1n) is 5.13. The lowest BCUT2D eigenvalue weighted by Gasteiger charge is -2.12. The Balaban J connectivity index is 2.30. The largest absolute Gasteiger partial charge is 0.248 e. The molecule has 2 aromatic rings. The molecule has 102 valence electrons. The monoisotopic (exact) mass is 381 g/mol. The maximum absolute atomic E-state index is 12.2. The molecule has 0 spiro atoms. The fraction of sp³-hybridized carbons (Fsp3) is 0.200. The van der Waals surface area contributed by atoms with Crippen LogP contribution in [0.1, 0.15) is 18.0 Å². The number of nitrogens with zero attached hydrogens (tertiary/aromatic N) is 2. The van der Waals surface area contributed by atoms with Gasteiger partial charge in [0.2, 0.25) is 10.0 Å². The van der Waals surface area contributed by atoms with Gasteiger partial charge >= 0.3 is 0 Å². The summed E-state index contributed by atoms with van der Waals surface area (Å²) in [4.78, 5) is 7.81. The Kier molecular flexibility index (Phi) is 4.57. The molecule has 0 aromatic carbocycles. The third kappa shape index (κ3) is 3.51. The summed E-state index contributed by atoms with van der Waals surface area (Å²) in [6.07, 6.45) is 3.06. The summed E-state index contributed by atoms with van der Waals surface area (Å²) in [6.45, 7) is 1.72. The van der Waals surface area contributed by atoms with Gasteiger partial charge in [0.25, 0.3) is 0 Å². The van der Waals surface area contributed by atoms with E-state index >= 15 is 0 Å². The average molecular weight is 383 g/mol. The molecule has 0 aliphatic carbocycles. The van der Waals surface area contributed by atoms with E-state index in [-0.39, 0.29) is 10.0 Å². The van der Waals surface area contributed by atoms with E-state index in [1.807, 2.05) is 0 Å². The van der Waals surface area contributed by atoms with E-state index in [2.05, 4.69) is 30.6 Å². The molecule has 0 bridgehead atoms. The predicted octanol–water partition coefficient (Wildman–Crippen LogP) is 2.99. The van der Waals surface area contributed by atoms with E-state index in [1.54, 1.807) is 18.5 Å². The minimum atomic E-state index is -3.75. The molecule has 19 heavy (non-hydrogen) atoms. The molecule has 0 aliphatic heterocycles. The van der Waals surface area contributed by atoms with Gasteiger partial charge in [-0.25, -0.2) is 23.1 Å². The summed E-state index contributed by atoms with van der Waals surface area (Å²) in [7, 11) is -3.75. The van der Waals surface area contributed by atoms with E-state index < -0.39 is 16.1 Å². The zero-order valence-corrected chi connectivity index (χ0v) is 13.6. The standard InChI is InChI=1S/C10H9BrClN3O2S2/c1-6(10-13-2-3-18-10)15-19(16,17)8-4-7(11)5-14-9(8)12/h2-6,15H,1H3. The molecule has 0 saturated heterocycles. The maximum atomic E-state index is 12.2. The van der Waals surface area contributed by atoms with Crippen LogP contribution in [0.4, 0.5) is 0 Å². The van der Waals surface area contributed by atoms with E-state index in [0.29, 0.717) is 9.48 Å². The van der Waals surface area contributed by atoms with E-state index in [1.165, 1.54) is 23.6 Å². The van der Waals surface area contributed by atoms with Crippen molar-refractivity contribution in [3.05, 3.63) is 38.5 Å². The fourth-order valence-corrected chi connectivity index (χ4v) is 4.26. The van der Waals surface area contributed by atoms with Crippen LogP contribution in [0.25, 0.3) is 0 Å². The van der Waals surface area contributed by atoms with Crippen molar-refractivity contribution in [2.24, 2.45) is 0 Å². The molecule has 0 aliphatic rings. The van der Waals surface area contributed by atoms with Gasteiger partial charge in [0.05, 0.1) is 6.04 Å². The Hall–Kier alpha value is -0.540. The third-order valence-corrected chi connectivity index (χ3v) is 5.58. The lowest BCUT2D eigenvalue weighted by Crippen LogP contribution is -2.27. The van der Waals surface area contributed by atoms with Crippen molar-refractivity contribution >= 4 is 48.9 Å². The SMILES string of the molecule is CC(NS(=O)(=O)c1cc(Br)cnc1Cl)c1nccs1. The Morgan fingerprint density at radius 2 is 2.21 bits per heavy atom. The zero-order chi connectivity index (χ0) is 14.0. The second kappa shape index (κ2) is 5.84. The second-order valence-corrected chi connectivity index (χ2v) is 7.54. The van der Waals surface area contributed by atoms with Gasteiger partial charge in [0.15, 0.2) is 0 Å². The first-order chi connectivity index (χ1) is 8.90. The Labute approximate surface area is 128 Å². The first-order valence-corrected chi connectivity index (χ1v) is 8.66. The molecule has 1 N–H and O–H groups in total. The Morgan fingerprint density at radius 3 is 2.84 bits per heavy atom. The van der Waals surface area contributed by atoms with Crippen molar-refractivity contribution in [2.75, 3.05) is 0 Å². The summed E-state index contributed by atoms with van der Waals surface area (Å²) in [5, 5.41) is 2.40. The lowest BCUT2D eigenvalue weighted by atomic mass is 10.4. The van der Waals surface area contributed by atoms with Crippen molar-refractivity contribution < 1.29 is 8.42 Å². The van der Waals surface area contributed by atoms with Crippen LogP contribution >= 0.6 is 38.9 Å². The lowest BCUT2D eigenvalue weighted by molar-refractivity contribution is 0.566. The number of thiazole rings is 1. The molecule has 1 unspecified atom stereocenters. The highest BCUT2D eigenvalue weighted by Gasteiger charge is 2.23. The zero-order valence-electron chi connectivity index (χ0n) is 9.67. The van der Waals surface area contributed by atoms with Crippen molar-refractivity contribution in [3.63, 3.8) is 0 Å². The number of rotatable bonds is 4. The quantitative estimate of drug-likeness (QED) is 0.825. The summed E-state index contributed by atoms with van der Waals surface area (Å²) < 4.78 is 27.5. The molecule has 2 rings (SSSR count). The fourth-order valence-electron chi connectivity index (χ4n) is 1.39. The number of hydrogen-bond donors (Lipinski definition) is 1. The Bertz CT molecular complexity index is 676. The van der Waals surface area contributed by atoms with Gasteiger partial charge in [-0.15, -0.1) is 11.3 Å². The number of hydrogen-bond acceptors (Lipinski definition) is 5.